The molecule has 1 aromatic carbocycles. The van der Waals surface area contributed by atoms with E-state index < -0.39 is 11.5 Å². The summed E-state index contributed by atoms with van der Waals surface area (Å²) in [5.74, 6) is -1.10. The van der Waals surface area contributed by atoms with Crippen LogP contribution in [0.1, 0.15) is 10.4 Å². The van der Waals surface area contributed by atoms with Gasteiger partial charge >= 0.3 is 5.97 Å². The van der Waals surface area contributed by atoms with Gasteiger partial charge in [0.15, 0.2) is 0 Å². The van der Waals surface area contributed by atoms with E-state index in [1.54, 1.807) is 12.1 Å². The lowest BCUT2D eigenvalue weighted by molar-refractivity contribution is 0.0694. The van der Waals surface area contributed by atoms with Crippen molar-refractivity contribution in [2.24, 2.45) is 0 Å². The molecule has 0 saturated heterocycles. The summed E-state index contributed by atoms with van der Waals surface area (Å²) >= 11 is 0. The number of anilines is 2. The molecular formula is C11H9N3O3. The molecule has 0 bridgehead atoms. The second kappa shape index (κ2) is 4.48. The molecule has 0 spiro atoms. The van der Waals surface area contributed by atoms with Crippen molar-refractivity contribution in [3.05, 3.63) is 52.4 Å². The Balaban J connectivity index is 2.27. The molecular weight excluding hydrogens is 222 g/mol. The molecule has 0 aliphatic heterocycles. The summed E-state index contributed by atoms with van der Waals surface area (Å²) in [5.41, 5.74) is -0.326. The fourth-order valence-electron chi connectivity index (χ4n) is 1.27. The van der Waals surface area contributed by atoms with Gasteiger partial charge in [-0.15, -0.1) is 0 Å². The smallest absolute Gasteiger partial charge is 0.342 e. The number of aromatic carboxylic acids is 1. The fraction of sp³-hybridized carbons (Fsp3) is 0. The number of aromatic amines is 1. The highest BCUT2D eigenvalue weighted by atomic mass is 16.4. The standard InChI is InChI=1S/C11H9N3O3/c15-9-8(10(16)17)6-12-11(14-9)13-7-4-2-1-3-5-7/h1-6H,(H,16,17)(H2,12,13,14,15). The fourth-order valence-corrected chi connectivity index (χ4v) is 1.27. The molecule has 86 valence electrons. The first-order valence-corrected chi connectivity index (χ1v) is 4.81. The third kappa shape index (κ3) is 2.49. The van der Waals surface area contributed by atoms with E-state index in [9.17, 15) is 9.59 Å². The number of nitrogens with zero attached hydrogens (tertiary/aromatic N) is 1. The van der Waals surface area contributed by atoms with E-state index in [0.29, 0.717) is 0 Å². The Morgan fingerprint density at radius 2 is 2.00 bits per heavy atom. The average Bonchev–Trinajstić information content (AvgIpc) is 2.30. The Morgan fingerprint density at radius 1 is 1.29 bits per heavy atom. The second-order valence-electron chi connectivity index (χ2n) is 3.27. The zero-order valence-electron chi connectivity index (χ0n) is 8.68. The third-order valence-corrected chi connectivity index (χ3v) is 2.07. The highest BCUT2D eigenvalue weighted by molar-refractivity contribution is 5.86. The van der Waals surface area contributed by atoms with Gasteiger partial charge in [0.05, 0.1) is 6.20 Å². The van der Waals surface area contributed by atoms with E-state index in [2.05, 4.69) is 15.3 Å². The molecule has 6 heteroatoms. The van der Waals surface area contributed by atoms with Crippen LogP contribution in [0.4, 0.5) is 11.6 Å². The highest BCUT2D eigenvalue weighted by Crippen LogP contribution is 2.09. The predicted octanol–water partition coefficient (Wildman–Crippen LogP) is 1.21. The summed E-state index contributed by atoms with van der Waals surface area (Å²) in [5, 5.41) is 11.5. The minimum atomic E-state index is -1.30. The maximum Gasteiger partial charge on any atom is 0.342 e. The van der Waals surface area contributed by atoms with E-state index in [-0.39, 0.29) is 11.5 Å². The third-order valence-electron chi connectivity index (χ3n) is 2.07. The van der Waals surface area contributed by atoms with Crippen molar-refractivity contribution in [2.75, 3.05) is 5.32 Å². The first kappa shape index (κ1) is 10.9. The number of hydrogen-bond donors (Lipinski definition) is 3. The van der Waals surface area contributed by atoms with Crippen molar-refractivity contribution in [3.8, 4) is 0 Å². The zero-order valence-corrected chi connectivity index (χ0v) is 8.68. The topological polar surface area (TPSA) is 95.1 Å². The number of aromatic nitrogens is 2. The highest BCUT2D eigenvalue weighted by Gasteiger charge is 2.09. The number of nitrogens with one attached hydrogen (secondary N) is 2. The summed E-state index contributed by atoms with van der Waals surface area (Å²) in [4.78, 5) is 28.1. The van der Waals surface area contributed by atoms with Gasteiger partial charge in [-0.3, -0.25) is 9.78 Å². The van der Waals surface area contributed by atoms with E-state index in [0.717, 1.165) is 11.9 Å². The van der Waals surface area contributed by atoms with Crippen LogP contribution in [-0.4, -0.2) is 21.0 Å². The molecule has 0 saturated carbocycles. The van der Waals surface area contributed by atoms with Gasteiger partial charge in [0.25, 0.3) is 5.56 Å². The van der Waals surface area contributed by atoms with Crippen LogP contribution >= 0.6 is 0 Å². The zero-order chi connectivity index (χ0) is 12.3. The van der Waals surface area contributed by atoms with Crippen molar-refractivity contribution in [1.82, 2.24) is 9.97 Å². The summed E-state index contributed by atoms with van der Waals surface area (Å²) in [6, 6.07) is 9.10. The van der Waals surface area contributed by atoms with Crippen molar-refractivity contribution in [3.63, 3.8) is 0 Å². The maximum absolute atomic E-state index is 11.4. The van der Waals surface area contributed by atoms with Crippen LogP contribution in [0, 0.1) is 0 Å². The Bertz CT molecular complexity index is 592. The first-order chi connectivity index (χ1) is 8.16. The molecule has 0 atom stereocenters. The molecule has 1 aromatic heterocycles. The van der Waals surface area contributed by atoms with Crippen molar-refractivity contribution >= 4 is 17.6 Å². The van der Waals surface area contributed by atoms with E-state index >= 15 is 0 Å². The van der Waals surface area contributed by atoms with Gasteiger partial charge in [-0.05, 0) is 12.1 Å². The number of para-hydroxylation sites is 1. The van der Waals surface area contributed by atoms with Crippen molar-refractivity contribution in [1.29, 1.82) is 0 Å². The molecule has 0 amide bonds. The summed E-state index contributed by atoms with van der Waals surface area (Å²) in [6.07, 6.45) is 1.02. The summed E-state index contributed by atoms with van der Waals surface area (Å²) in [6.45, 7) is 0. The monoisotopic (exact) mass is 231 g/mol. The largest absolute Gasteiger partial charge is 0.477 e. The van der Waals surface area contributed by atoms with E-state index in [1.807, 2.05) is 18.2 Å². The Morgan fingerprint density at radius 3 is 2.59 bits per heavy atom. The van der Waals surface area contributed by atoms with E-state index in [1.165, 1.54) is 0 Å². The Hall–Kier alpha value is -2.63. The molecule has 17 heavy (non-hydrogen) atoms. The van der Waals surface area contributed by atoms with Gasteiger partial charge < -0.3 is 10.4 Å². The van der Waals surface area contributed by atoms with Gasteiger partial charge in [-0.2, -0.15) is 0 Å². The molecule has 3 N–H and O–H groups in total. The summed E-state index contributed by atoms with van der Waals surface area (Å²) in [7, 11) is 0. The van der Waals surface area contributed by atoms with Gasteiger partial charge in [0.1, 0.15) is 5.56 Å². The molecule has 1 heterocycles. The molecule has 0 aliphatic rings. The van der Waals surface area contributed by atoms with Gasteiger partial charge in [-0.25, -0.2) is 9.78 Å². The number of H-pyrrole nitrogens is 1. The van der Waals surface area contributed by atoms with Crippen LogP contribution in [0.2, 0.25) is 0 Å². The number of carbonyl (C=O) groups is 1. The van der Waals surface area contributed by atoms with Crippen LogP contribution in [-0.2, 0) is 0 Å². The minimum Gasteiger partial charge on any atom is -0.477 e. The minimum absolute atomic E-state index is 0.200. The van der Waals surface area contributed by atoms with Crippen LogP contribution in [0.15, 0.2) is 41.3 Å². The first-order valence-electron chi connectivity index (χ1n) is 4.81. The molecule has 0 fully saturated rings. The Labute approximate surface area is 96.0 Å². The lowest BCUT2D eigenvalue weighted by Crippen LogP contribution is -2.19. The number of benzene rings is 1. The van der Waals surface area contributed by atoms with Crippen LogP contribution in [0.3, 0.4) is 0 Å². The molecule has 2 aromatic rings. The number of carboxylic acid groups (broad SMARTS) is 1. The van der Waals surface area contributed by atoms with Gasteiger partial charge in [0.2, 0.25) is 5.95 Å². The molecule has 0 radical (unpaired) electrons. The Kier molecular flexibility index (Phi) is 2.87. The normalized spacial score (nSPS) is 9.88. The second-order valence-corrected chi connectivity index (χ2v) is 3.27. The lowest BCUT2D eigenvalue weighted by Gasteiger charge is -2.04. The number of hydrogen-bond acceptors (Lipinski definition) is 4. The number of carboxylic acids is 1. The molecule has 2 rings (SSSR count). The van der Waals surface area contributed by atoms with Crippen molar-refractivity contribution < 1.29 is 9.90 Å². The predicted molar refractivity (Wildman–Crippen MR) is 61.5 cm³/mol. The van der Waals surface area contributed by atoms with Gasteiger partial charge in [-0.1, -0.05) is 18.2 Å². The van der Waals surface area contributed by atoms with Crippen molar-refractivity contribution in [2.45, 2.75) is 0 Å². The molecule has 0 unspecified atom stereocenters. The van der Waals surface area contributed by atoms with Crippen LogP contribution in [0.25, 0.3) is 0 Å². The lowest BCUT2D eigenvalue weighted by atomic mass is 10.3. The van der Waals surface area contributed by atoms with Crippen LogP contribution in [0.5, 0.6) is 0 Å². The summed E-state index contributed by atoms with van der Waals surface area (Å²) < 4.78 is 0. The van der Waals surface area contributed by atoms with Gasteiger partial charge in [0, 0.05) is 5.69 Å². The average molecular weight is 231 g/mol. The molecule has 0 aliphatic carbocycles. The van der Waals surface area contributed by atoms with Crippen LogP contribution < -0.4 is 10.9 Å². The maximum atomic E-state index is 11.4. The van der Waals surface area contributed by atoms with E-state index in [4.69, 9.17) is 5.11 Å². The SMILES string of the molecule is O=C(O)c1cnc(Nc2ccccc2)[nH]c1=O. The quantitative estimate of drug-likeness (QED) is 0.738. The number of rotatable bonds is 3. The molecule has 6 nitrogen and oxygen atoms in total.